The zero-order valence-corrected chi connectivity index (χ0v) is 45.7. The average Bonchev–Trinajstić information content (AvgIpc) is 4.29. The zero-order chi connectivity index (χ0) is 53.6. The van der Waals surface area contributed by atoms with Crippen molar-refractivity contribution >= 4 is 156 Å². The number of imidazole rings is 1. The summed E-state index contributed by atoms with van der Waals surface area (Å²) in [6.07, 6.45) is 6.98. The van der Waals surface area contributed by atoms with Gasteiger partial charge in [-0.2, -0.15) is 0 Å². The first-order valence-corrected chi connectivity index (χ1v) is 28.7. The fraction of sp³-hybridized carbons (Fsp3) is 0.135. The Kier molecular flexibility index (Phi) is 13.8. The minimum Gasteiger partial charge on any atom is -0.495 e. The van der Waals surface area contributed by atoms with Gasteiger partial charge < -0.3 is 43.9 Å². The Morgan fingerprint density at radius 1 is 0.539 bits per heavy atom. The van der Waals surface area contributed by atoms with Gasteiger partial charge in [-0.25, -0.2) is 46.8 Å². The van der Waals surface area contributed by atoms with Gasteiger partial charge in [-0.1, -0.05) is 40.1 Å². The lowest BCUT2D eigenvalue weighted by atomic mass is 10.2. The number of benzene rings is 6. The summed E-state index contributed by atoms with van der Waals surface area (Å²) in [7, 11) is 3.51. The fourth-order valence-electron chi connectivity index (χ4n) is 8.42. The van der Waals surface area contributed by atoms with Crippen LogP contribution in [0.25, 0.3) is 68.3 Å². The molecule has 0 amide bonds. The third-order valence-electron chi connectivity index (χ3n) is 12.2. The van der Waals surface area contributed by atoms with Gasteiger partial charge in [0.05, 0.1) is 103 Å². The Morgan fingerprint density at radius 2 is 0.974 bits per heavy atom. The number of ether oxygens (including phenoxy) is 3. The number of fused-ring (bicyclic) bond motifs is 9. The van der Waals surface area contributed by atoms with Crippen LogP contribution in [0.1, 0.15) is 0 Å². The van der Waals surface area contributed by atoms with Crippen LogP contribution in [0, 0.1) is 6.57 Å². The molecule has 0 bridgehead atoms. The summed E-state index contributed by atoms with van der Waals surface area (Å²) in [5.74, 6) is 1.73. The van der Waals surface area contributed by atoms with Gasteiger partial charge in [0, 0.05) is 50.6 Å². The Balaban J connectivity index is 0.000000130. The van der Waals surface area contributed by atoms with Crippen LogP contribution >= 0.6 is 34.0 Å². The number of hydrogen-bond donors (Lipinski definition) is 4. The number of nitrogens with one attached hydrogen (secondary N) is 3. The van der Waals surface area contributed by atoms with E-state index in [-0.39, 0.29) is 9.79 Å². The van der Waals surface area contributed by atoms with E-state index in [1.807, 2.05) is 73.0 Å². The van der Waals surface area contributed by atoms with Crippen molar-refractivity contribution < 1.29 is 31.0 Å². The molecular formula is C52H46N12O7S5. The lowest BCUT2D eigenvalue weighted by Crippen LogP contribution is -2.12. The number of aryl methyl sites for hydroxylation is 3. The normalized spacial score (nSPS) is 11.6. The molecule has 0 radical (unpaired) electrons. The van der Waals surface area contributed by atoms with Gasteiger partial charge in [0.25, 0.3) is 0 Å². The van der Waals surface area contributed by atoms with Gasteiger partial charge >= 0.3 is 0 Å². The molecule has 6 aromatic carbocycles. The van der Waals surface area contributed by atoms with Crippen LogP contribution in [0.4, 0.5) is 38.1 Å². The predicted molar refractivity (Wildman–Crippen MR) is 306 cm³/mol. The molecule has 0 fully saturated rings. The molecule has 19 nitrogen and oxygen atoms in total. The lowest BCUT2D eigenvalue weighted by molar-refractivity contribution is 0.416. The molecule has 5 N–H and O–H groups in total. The third-order valence-corrected chi connectivity index (χ3v) is 17.1. The molecule has 6 heterocycles. The summed E-state index contributed by atoms with van der Waals surface area (Å²) in [5.41, 5.74) is 9.18. The molecule has 24 heteroatoms. The first-order chi connectivity index (χ1) is 36.4. The van der Waals surface area contributed by atoms with Crippen molar-refractivity contribution in [1.29, 1.82) is 0 Å². The van der Waals surface area contributed by atoms with E-state index in [0.717, 1.165) is 74.3 Å². The summed E-state index contributed by atoms with van der Waals surface area (Å²) in [6, 6.07) is 30.8. The molecule has 0 unspecified atom stereocenters. The number of methoxy groups -OCH3 is 3. The molecule has 6 aromatic heterocycles. The summed E-state index contributed by atoms with van der Waals surface area (Å²) >= 11 is 4.54. The van der Waals surface area contributed by atoms with E-state index in [1.54, 1.807) is 68.3 Å². The second kappa shape index (κ2) is 20.4. The van der Waals surface area contributed by atoms with Crippen molar-refractivity contribution in [1.82, 2.24) is 33.6 Å². The van der Waals surface area contributed by atoms with Crippen LogP contribution in [-0.2, 0) is 41.0 Å². The minimum absolute atomic E-state index is 0.00682. The smallest absolute Gasteiger partial charge is 0.238 e. The molecule has 12 rings (SSSR count). The molecule has 0 aliphatic rings. The first-order valence-electron chi connectivity index (χ1n) is 22.8. The van der Waals surface area contributed by atoms with E-state index in [4.69, 9.17) is 30.9 Å². The van der Waals surface area contributed by atoms with Gasteiger partial charge in [0.2, 0.25) is 10.0 Å². The standard InChI is InChI=1S/C18H17N3O3S2.C17H13N5OS.C17H16N4O3S2/c1-21-9-8-12-14(21)5-7-16-17(12)20-18(25-16)19-13-10-11(26(3,22)23)4-6-15(13)24-2;1-18-10-4-6-13(23-3)11(8-10)20-17-21-16-14(24-17)7-5-12-15(16)19-9-22(12)2;1-21-8-7-11-13(21)4-6-15-16(11)20-17(25-15)19-12-9-10(26(18,22)23)3-5-14(12)24-2/h4-10H,1-3H3,(H,19,20);4-9H,2-3H3,(H,20,21);3-9H,1-2H3,(H,19,20)(H2,18,22,23). The second-order valence-electron chi connectivity index (χ2n) is 17.1. The van der Waals surface area contributed by atoms with Crippen molar-refractivity contribution in [3.8, 4) is 17.2 Å². The second-order valence-corrected chi connectivity index (χ2v) is 23.8. The van der Waals surface area contributed by atoms with Crippen LogP contribution in [0.3, 0.4) is 0 Å². The third kappa shape index (κ3) is 10.1. The van der Waals surface area contributed by atoms with Crippen molar-refractivity contribution in [3.63, 3.8) is 0 Å². The number of aromatic nitrogens is 7. The van der Waals surface area contributed by atoms with E-state index < -0.39 is 19.9 Å². The molecule has 0 spiro atoms. The van der Waals surface area contributed by atoms with E-state index in [0.29, 0.717) is 44.6 Å². The number of primary sulfonamides is 1. The van der Waals surface area contributed by atoms with Crippen LogP contribution in [0.2, 0.25) is 0 Å². The number of sulfone groups is 1. The highest BCUT2D eigenvalue weighted by Crippen LogP contribution is 2.40. The number of nitrogens with two attached hydrogens (primary N) is 1. The summed E-state index contributed by atoms with van der Waals surface area (Å²) in [6.45, 7) is 7.16. The van der Waals surface area contributed by atoms with E-state index in [1.165, 1.54) is 54.2 Å². The first kappa shape index (κ1) is 51.2. The summed E-state index contributed by atoms with van der Waals surface area (Å²) in [4.78, 5) is 22.2. The van der Waals surface area contributed by atoms with Gasteiger partial charge in [-0.05, 0) is 97.1 Å². The van der Waals surface area contributed by atoms with Gasteiger partial charge in [-0.3, -0.25) is 0 Å². The van der Waals surface area contributed by atoms with Crippen molar-refractivity contribution in [2.75, 3.05) is 43.5 Å². The summed E-state index contributed by atoms with van der Waals surface area (Å²) in [5, 5.41) is 19.1. The maximum absolute atomic E-state index is 11.8. The van der Waals surface area contributed by atoms with Crippen molar-refractivity contribution in [2.24, 2.45) is 26.3 Å². The van der Waals surface area contributed by atoms with Crippen LogP contribution in [0.5, 0.6) is 17.2 Å². The highest BCUT2D eigenvalue weighted by Gasteiger charge is 2.18. The zero-order valence-electron chi connectivity index (χ0n) is 41.6. The average molecular weight is 1110 g/mol. The number of thiazole rings is 3. The lowest BCUT2D eigenvalue weighted by Gasteiger charge is -2.10. The Morgan fingerprint density at radius 3 is 1.45 bits per heavy atom. The largest absolute Gasteiger partial charge is 0.495 e. The highest BCUT2D eigenvalue weighted by molar-refractivity contribution is 7.90. The molecule has 0 aliphatic carbocycles. The number of rotatable bonds is 11. The molecule has 0 atom stereocenters. The Bertz CT molecular complexity index is 4300. The van der Waals surface area contributed by atoms with Crippen LogP contribution in [0.15, 0.2) is 132 Å². The SMILES string of the molecule is COc1ccc(S(C)(=O)=O)cc1Nc1nc2c(ccc3c2ccn3C)s1.COc1ccc(S(N)(=O)=O)cc1Nc1nc2c(ccc3c2ccn3C)s1.[C-]#[N+]c1ccc(OC)c(Nc2nc3c(ccc4c3ncn4C)s2)c1. The fourth-order valence-corrected chi connectivity index (χ4v) is 12.3. The molecule has 12 aromatic rings. The Hall–Kier alpha value is -8.31. The molecule has 386 valence electrons. The van der Waals surface area contributed by atoms with Crippen LogP contribution in [-0.4, -0.2) is 78.1 Å². The van der Waals surface area contributed by atoms with Gasteiger partial charge in [0.15, 0.2) is 30.9 Å². The number of sulfonamides is 1. The minimum atomic E-state index is -3.81. The molecule has 0 saturated carbocycles. The van der Waals surface area contributed by atoms with Gasteiger partial charge in [-0.15, -0.1) is 0 Å². The number of anilines is 6. The maximum Gasteiger partial charge on any atom is 0.238 e. The topological polar surface area (TPSA) is 229 Å². The monoisotopic (exact) mass is 1110 g/mol. The van der Waals surface area contributed by atoms with Crippen LogP contribution < -0.4 is 35.3 Å². The summed E-state index contributed by atoms with van der Waals surface area (Å²) < 4.78 is 72.2. The number of nitrogens with zero attached hydrogens (tertiary/aromatic N) is 8. The van der Waals surface area contributed by atoms with E-state index in [9.17, 15) is 16.8 Å². The molecule has 0 saturated heterocycles. The van der Waals surface area contributed by atoms with E-state index >= 15 is 0 Å². The number of hydrogen-bond acceptors (Lipinski definition) is 17. The predicted octanol–water partition coefficient (Wildman–Crippen LogP) is 11.6. The van der Waals surface area contributed by atoms with Gasteiger partial charge in [0.1, 0.15) is 28.3 Å². The van der Waals surface area contributed by atoms with Crippen molar-refractivity contribution in [2.45, 2.75) is 9.79 Å². The molecule has 76 heavy (non-hydrogen) atoms. The van der Waals surface area contributed by atoms with E-state index in [2.05, 4.69) is 58.5 Å². The maximum atomic E-state index is 11.8. The quantitative estimate of drug-likeness (QED) is 0.0884. The molecule has 0 aliphatic heterocycles. The Labute approximate surface area is 447 Å². The molecular weight excluding hydrogens is 1060 g/mol. The highest BCUT2D eigenvalue weighted by atomic mass is 32.2. The van der Waals surface area contributed by atoms with Crippen molar-refractivity contribution in [3.05, 3.63) is 133 Å².